The van der Waals surface area contributed by atoms with Crippen molar-refractivity contribution in [2.24, 2.45) is 0 Å². The van der Waals surface area contributed by atoms with Crippen LogP contribution in [0, 0.1) is 10.7 Å². The van der Waals surface area contributed by atoms with Crippen molar-refractivity contribution in [2.45, 2.75) is 0 Å². The van der Waals surface area contributed by atoms with Crippen molar-refractivity contribution in [3.63, 3.8) is 0 Å². The normalized spacial score (nSPS) is 14.6. The molecule has 0 saturated carbocycles. The fraction of sp³-hybridized carbons (Fsp3) is 0. The van der Waals surface area contributed by atoms with Crippen LogP contribution in [-0.2, 0) is 0 Å². The topological polar surface area (TPSA) is 0 Å². The molecule has 0 radical (unpaired) electrons. The molecule has 0 unspecified atom stereocenters. The van der Waals surface area contributed by atoms with E-state index in [9.17, 15) is 25.2 Å². The number of hydrogen-bond acceptors (Lipinski definition) is 0. The Balaban J connectivity index is 0.000000345. The maximum absolute atomic E-state index is 10.7. The molecular formula is C20H18F6IP. The average molecular weight is 530 g/mol. The van der Waals surface area contributed by atoms with Crippen molar-refractivity contribution >= 4 is 7.81 Å². The van der Waals surface area contributed by atoms with Crippen molar-refractivity contribution in [1.29, 1.82) is 0 Å². The molecule has 0 aliphatic rings. The minimum atomic E-state index is -10.7. The summed E-state index contributed by atoms with van der Waals surface area (Å²) in [6.45, 7) is 4.24. The number of benzene rings is 3. The molecule has 8 heteroatoms. The van der Waals surface area contributed by atoms with E-state index in [4.69, 9.17) is 0 Å². The summed E-state index contributed by atoms with van der Waals surface area (Å²) in [7, 11) is -10.7. The van der Waals surface area contributed by atoms with Gasteiger partial charge in [0.1, 0.15) is 0 Å². The fourth-order valence-corrected chi connectivity index (χ4v) is 10.8. The zero-order valence-electron chi connectivity index (χ0n) is 14.5. The zero-order valence-corrected chi connectivity index (χ0v) is 17.6. The van der Waals surface area contributed by atoms with Gasteiger partial charge in [-0.05, 0) is 0 Å². The van der Waals surface area contributed by atoms with Gasteiger partial charge >= 0.3 is 164 Å². The van der Waals surface area contributed by atoms with Gasteiger partial charge in [-0.1, -0.05) is 0 Å². The second kappa shape index (κ2) is 7.52. The molecule has 0 saturated heterocycles. The Kier molecular flexibility index (Phi) is 6.02. The molecule has 3 aromatic rings. The van der Waals surface area contributed by atoms with Crippen molar-refractivity contribution in [3.8, 4) is 0 Å². The van der Waals surface area contributed by atoms with E-state index in [-0.39, 0.29) is 0 Å². The van der Waals surface area contributed by atoms with E-state index in [0.717, 1.165) is 0 Å². The summed E-state index contributed by atoms with van der Waals surface area (Å²) >= 11 is -2.67. The number of hydrogen-bond donors (Lipinski definition) is 0. The first-order valence-electron chi connectivity index (χ1n) is 7.94. The Bertz CT molecular complexity index is 803. The number of rotatable bonds is 4. The van der Waals surface area contributed by atoms with Gasteiger partial charge in [0.05, 0.1) is 0 Å². The van der Waals surface area contributed by atoms with Gasteiger partial charge in [0.15, 0.2) is 0 Å². The molecular weight excluding hydrogens is 512 g/mol. The third-order valence-electron chi connectivity index (χ3n) is 3.46. The molecule has 3 rings (SSSR count). The molecule has 0 heterocycles. The molecule has 0 fully saturated rings. The molecule has 28 heavy (non-hydrogen) atoms. The van der Waals surface area contributed by atoms with Crippen molar-refractivity contribution in [2.75, 3.05) is 0 Å². The van der Waals surface area contributed by atoms with Crippen LogP contribution in [0.3, 0.4) is 0 Å². The molecule has 0 nitrogen and oxygen atoms in total. The predicted molar refractivity (Wildman–Crippen MR) is 99.2 cm³/mol. The quantitative estimate of drug-likeness (QED) is 0.245. The van der Waals surface area contributed by atoms with Gasteiger partial charge < -0.3 is 0 Å². The first-order chi connectivity index (χ1) is 12.8. The molecule has 0 aromatic heterocycles. The standard InChI is InChI=1S/C20H18I.F6P/c1-2-21(18-12-6-3-7-13-18,19-14-8-4-9-15-19)20-16-10-5-11-17-20;1-7(2,3,4,5)6/h2-17H,1H2;/q+1;-1. The van der Waals surface area contributed by atoms with Crippen LogP contribution in [0.2, 0.25) is 0 Å². The molecule has 0 bridgehead atoms. The fourth-order valence-electron chi connectivity index (χ4n) is 2.49. The van der Waals surface area contributed by atoms with Gasteiger partial charge in [0.2, 0.25) is 0 Å². The second-order valence-electron chi connectivity index (χ2n) is 5.61. The summed E-state index contributed by atoms with van der Waals surface area (Å²) in [6, 6.07) is 32.5. The summed E-state index contributed by atoms with van der Waals surface area (Å²) in [6.07, 6.45) is 0. The first-order valence-corrected chi connectivity index (χ1v) is 14.4. The SMILES string of the molecule is C=C[I+](c1ccccc1)(c1ccccc1)c1ccccc1.F[P-](F)(F)(F)(F)F. The average Bonchev–Trinajstić information content (AvgIpc) is 2.63. The first kappa shape index (κ1) is 22.4. The molecule has 0 amide bonds. The summed E-state index contributed by atoms with van der Waals surface area (Å²) in [5.41, 5.74) is 0. The van der Waals surface area contributed by atoms with Gasteiger partial charge in [0, 0.05) is 0 Å². The van der Waals surface area contributed by atoms with E-state index in [0.29, 0.717) is 0 Å². The molecule has 152 valence electrons. The summed E-state index contributed by atoms with van der Waals surface area (Å²) in [5.74, 6) is 0. The van der Waals surface area contributed by atoms with Crippen molar-refractivity contribution in [3.05, 3.63) is 112 Å². The van der Waals surface area contributed by atoms with Crippen molar-refractivity contribution < 1.29 is 43.6 Å². The van der Waals surface area contributed by atoms with E-state index in [1.807, 2.05) is 0 Å². The monoisotopic (exact) mass is 530 g/mol. The minimum absolute atomic E-state index is 1.41. The maximum atomic E-state index is 9.87. The second-order valence-corrected chi connectivity index (χ2v) is 15.6. The summed E-state index contributed by atoms with van der Waals surface area (Å²) < 4.78 is 65.7. The summed E-state index contributed by atoms with van der Waals surface area (Å²) in [5, 5.41) is 0. The van der Waals surface area contributed by atoms with E-state index in [1.165, 1.54) is 10.7 Å². The molecule has 0 spiro atoms. The molecule has 0 N–H and O–H groups in total. The molecule has 3 aromatic carbocycles. The zero-order chi connectivity index (χ0) is 21.0. The van der Waals surface area contributed by atoms with Crippen LogP contribution in [-0.4, -0.2) is 0 Å². The Labute approximate surface area is 163 Å². The van der Waals surface area contributed by atoms with Crippen LogP contribution in [0.25, 0.3) is 0 Å². The van der Waals surface area contributed by atoms with E-state index >= 15 is 0 Å². The van der Waals surface area contributed by atoms with Crippen LogP contribution in [0.4, 0.5) is 25.2 Å². The van der Waals surface area contributed by atoms with Crippen LogP contribution in [0.1, 0.15) is 0 Å². The third-order valence-corrected chi connectivity index (χ3v) is 12.8. The summed E-state index contributed by atoms with van der Waals surface area (Å²) in [4.78, 5) is 0. The van der Waals surface area contributed by atoms with E-state index in [2.05, 4.69) is 102 Å². The Morgan fingerprint density at radius 1 is 0.536 bits per heavy atom. The molecule has 0 aliphatic carbocycles. The van der Waals surface area contributed by atoms with Gasteiger partial charge in [-0.3, -0.25) is 0 Å². The van der Waals surface area contributed by atoms with E-state index in [1.54, 1.807) is 0 Å². The Morgan fingerprint density at radius 2 is 0.750 bits per heavy atom. The predicted octanol–water partition coefficient (Wildman–Crippen LogP) is 5.28. The van der Waals surface area contributed by atoms with Crippen LogP contribution < -0.4 is 18.4 Å². The van der Waals surface area contributed by atoms with E-state index < -0.39 is 26.2 Å². The number of halogens is 7. The van der Waals surface area contributed by atoms with Gasteiger partial charge in [-0.25, -0.2) is 0 Å². The van der Waals surface area contributed by atoms with Crippen molar-refractivity contribution in [1.82, 2.24) is 0 Å². The van der Waals surface area contributed by atoms with Crippen LogP contribution in [0.15, 0.2) is 102 Å². The van der Waals surface area contributed by atoms with Crippen LogP contribution >= 0.6 is 7.81 Å². The molecule has 0 aliphatic heterocycles. The third kappa shape index (κ3) is 6.95. The van der Waals surface area contributed by atoms with Gasteiger partial charge in [-0.15, -0.1) is 0 Å². The van der Waals surface area contributed by atoms with Crippen LogP contribution in [0.5, 0.6) is 0 Å². The Morgan fingerprint density at radius 3 is 0.929 bits per heavy atom. The van der Waals surface area contributed by atoms with Gasteiger partial charge in [-0.2, -0.15) is 0 Å². The van der Waals surface area contributed by atoms with Gasteiger partial charge in [0.25, 0.3) is 0 Å². The molecule has 0 atom stereocenters. The Hall–Kier alpha value is -1.86.